The lowest BCUT2D eigenvalue weighted by Crippen LogP contribution is -2.57. The average molecular weight is 637 g/mol. The smallest absolute Gasteiger partial charge is 0.243 e. The molecule has 234 valence electrons. The second-order valence-electron chi connectivity index (χ2n) is 12.5. The summed E-state index contributed by atoms with van der Waals surface area (Å²) in [5, 5.41) is 5.88. The fraction of sp³-hybridized carbons (Fsp3) is 0.742. The lowest BCUT2D eigenvalue weighted by Gasteiger charge is -2.33. The van der Waals surface area contributed by atoms with Crippen LogP contribution in [-0.2, 0) is 26.2 Å². The van der Waals surface area contributed by atoms with Gasteiger partial charge in [0.05, 0.1) is 11.1 Å². The van der Waals surface area contributed by atoms with E-state index in [4.69, 9.17) is 0 Å². The van der Waals surface area contributed by atoms with Gasteiger partial charge in [0, 0.05) is 37.2 Å². The molecule has 2 amide bonds. The van der Waals surface area contributed by atoms with Gasteiger partial charge in [0.15, 0.2) is 0 Å². The van der Waals surface area contributed by atoms with Crippen LogP contribution >= 0.6 is 23.5 Å². The molecule has 2 aliphatic heterocycles. The molecule has 0 bridgehead atoms. The Morgan fingerprint density at radius 1 is 0.952 bits per heavy atom. The molecule has 2 heterocycles. The van der Waals surface area contributed by atoms with Crippen LogP contribution in [0.1, 0.15) is 76.2 Å². The Balaban J connectivity index is 1.17. The first kappa shape index (κ1) is 32.1. The van der Waals surface area contributed by atoms with Crippen molar-refractivity contribution in [3.05, 3.63) is 35.9 Å². The maximum Gasteiger partial charge on any atom is 0.243 e. The number of sulfonamides is 1. The van der Waals surface area contributed by atoms with Crippen molar-refractivity contribution >= 4 is 45.4 Å². The zero-order valence-electron chi connectivity index (χ0n) is 24.8. The van der Waals surface area contributed by atoms with Gasteiger partial charge in [-0.3, -0.25) is 14.5 Å². The number of thioether (sulfide) groups is 2. The zero-order valence-corrected chi connectivity index (χ0v) is 27.2. The molecule has 4 fully saturated rings. The third-order valence-corrected chi connectivity index (χ3v) is 14.2. The third kappa shape index (κ3) is 8.67. The molecule has 1 unspecified atom stereocenters. The quantitative estimate of drug-likeness (QED) is 0.355. The van der Waals surface area contributed by atoms with Crippen LogP contribution in [0.2, 0.25) is 0 Å². The monoisotopic (exact) mass is 636 g/mol. The molecule has 2 atom stereocenters. The Morgan fingerprint density at radius 2 is 1.64 bits per heavy atom. The fourth-order valence-electron chi connectivity index (χ4n) is 6.80. The van der Waals surface area contributed by atoms with E-state index in [1.807, 2.05) is 6.07 Å². The molecule has 1 aromatic rings. The molecule has 0 radical (unpaired) electrons. The van der Waals surface area contributed by atoms with E-state index in [0.29, 0.717) is 36.1 Å². The summed E-state index contributed by atoms with van der Waals surface area (Å²) < 4.78 is 28.1. The maximum absolute atomic E-state index is 13.6. The Bertz CT molecular complexity index is 1120. The summed E-state index contributed by atoms with van der Waals surface area (Å²) in [6.07, 6.45) is 11.3. The number of nitrogens with one attached hydrogen (secondary N) is 2. The predicted molar refractivity (Wildman–Crippen MR) is 173 cm³/mol. The Labute approximate surface area is 260 Å². The van der Waals surface area contributed by atoms with Gasteiger partial charge >= 0.3 is 0 Å². The summed E-state index contributed by atoms with van der Waals surface area (Å²) >= 11 is 3.23. The number of carbonyl (C=O) groups is 2. The van der Waals surface area contributed by atoms with Crippen molar-refractivity contribution in [1.29, 1.82) is 0 Å². The minimum absolute atomic E-state index is 0.0774. The van der Waals surface area contributed by atoms with Crippen molar-refractivity contribution in [1.82, 2.24) is 19.8 Å². The number of hydrogen-bond acceptors (Lipinski definition) is 7. The molecular formula is C31H48N4O4S3. The van der Waals surface area contributed by atoms with Gasteiger partial charge in [-0.15, -0.1) is 11.8 Å². The lowest BCUT2D eigenvalue weighted by molar-refractivity contribution is -0.130. The van der Waals surface area contributed by atoms with Crippen LogP contribution in [0.4, 0.5) is 0 Å². The van der Waals surface area contributed by atoms with E-state index in [1.165, 1.54) is 53.7 Å². The molecule has 1 aromatic carbocycles. The van der Waals surface area contributed by atoms with Gasteiger partial charge in [0.25, 0.3) is 0 Å². The number of nitrogens with zero attached hydrogens (tertiary/aromatic N) is 2. The molecule has 42 heavy (non-hydrogen) atoms. The van der Waals surface area contributed by atoms with E-state index in [9.17, 15) is 18.0 Å². The largest absolute Gasteiger partial charge is 0.351 e. The highest BCUT2D eigenvalue weighted by Crippen LogP contribution is 2.33. The molecule has 0 spiro atoms. The van der Waals surface area contributed by atoms with Crippen LogP contribution in [0.5, 0.6) is 0 Å². The van der Waals surface area contributed by atoms with Gasteiger partial charge in [-0.2, -0.15) is 16.1 Å². The minimum Gasteiger partial charge on any atom is -0.351 e. The summed E-state index contributed by atoms with van der Waals surface area (Å²) in [6.45, 7) is 2.75. The number of benzene rings is 1. The number of amides is 2. The first-order valence-electron chi connectivity index (χ1n) is 15.9. The highest BCUT2D eigenvalue weighted by atomic mass is 32.2. The third-order valence-electron chi connectivity index (χ3n) is 9.37. The van der Waals surface area contributed by atoms with Crippen molar-refractivity contribution in [3.63, 3.8) is 0 Å². The van der Waals surface area contributed by atoms with Crippen LogP contribution in [0.3, 0.4) is 0 Å². The van der Waals surface area contributed by atoms with Gasteiger partial charge in [-0.05, 0) is 55.8 Å². The van der Waals surface area contributed by atoms with Gasteiger partial charge in [0.1, 0.15) is 12.1 Å². The van der Waals surface area contributed by atoms with Crippen LogP contribution in [0.25, 0.3) is 0 Å². The van der Waals surface area contributed by atoms with Gasteiger partial charge in [-0.1, -0.05) is 62.4 Å². The summed E-state index contributed by atoms with van der Waals surface area (Å²) in [5.41, 5.74) is 1.30. The van der Waals surface area contributed by atoms with Crippen LogP contribution in [-0.4, -0.2) is 89.0 Å². The van der Waals surface area contributed by atoms with E-state index in [-0.39, 0.29) is 23.1 Å². The summed E-state index contributed by atoms with van der Waals surface area (Å²) in [7, 11) is -3.53. The highest BCUT2D eigenvalue weighted by molar-refractivity contribution is 8.00. The van der Waals surface area contributed by atoms with E-state index in [2.05, 4.69) is 39.8 Å². The standard InChI is InChI=1S/C31H48N4O4S3/c36-30(32-26-15-17-34(18-16-26)19-24-9-3-1-4-10-24)28(21-40-20-25-11-5-2-6-12-25)33-31(37)29-22-41-23-35(29)42(38,39)27-13-7-8-14-27/h1,3-4,9-10,25-29H,2,5-8,11-23H2,(H,32,36)(H,33,37)/t28-,29?/m0/s1. The average Bonchev–Trinajstić information content (AvgIpc) is 3.73. The van der Waals surface area contributed by atoms with Crippen molar-refractivity contribution in [2.24, 2.45) is 5.92 Å². The van der Waals surface area contributed by atoms with Gasteiger partial charge < -0.3 is 10.6 Å². The van der Waals surface area contributed by atoms with Crippen molar-refractivity contribution in [2.45, 2.75) is 101 Å². The Morgan fingerprint density at radius 3 is 2.36 bits per heavy atom. The van der Waals surface area contributed by atoms with E-state index in [1.54, 1.807) is 11.8 Å². The molecule has 2 aliphatic carbocycles. The first-order chi connectivity index (χ1) is 20.4. The molecule has 0 aromatic heterocycles. The van der Waals surface area contributed by atoms with E-state index < -0.39 is 22.1 Å². The van der Waals surface area contributed by atoms with Crippen molar-refractivity contribution in [3.8, 4) is 0 Å². The Hall–Kier alpha value is -1.27. The maximum atomic E-state index is 13.6. The summed E-state index contributed by atoms with van der Waals surface area (Å²) in [4.78, 5) is 29.6. The van der Waals surface area contributed by atoms with Crippen LogP contribution in [0, 0.1) is 5.92 Å². The Kier molecular flexibility index (Phi) is 12.0. The van der Waals surface area contributed by atoms with Gasteiger partial charge in [-0.25, -0.2) is 8.42 Å². The first-order valence-corrected chi connectivity index (χ1v) is 19.7. The fourth-order valence-corrected chi connectivity index (χ4v) is 11.8. The second-order valence-corrected chi connectivity index (χ2v) is 16.7. The number of rotatable bonds is 12. The van der Waals surface area contributed by atoms with Crippen molar-refractivity contribution < 1.29 is 18.0 Å². The van der Waals surface area contributed by atoms with Crippen molar-refractivity contribution in [2.75, 3.05) is 36.2 Å². The molecule has 2 saturated carbocycles. The molecule has 5 rings (SSSR count). The normalized spacial score (nSPS) is 24.5. The number of carbonyl (C=O) groups excluding carboxylic acids is 2. The lowest BCUT2D eigenvalue weighted by atomic mass is 9.91. The summed E-state index contributed by atoms with van der Waals surface area (Å²) in [6, 6.07) is 9.12. The van der Waals surface area contributed by atoms with Crippen LogP contribution in [0.15, 0.2) is 30.3 Å². The number of likely N-dealkylation sites (tertiary alicyclic amines) is 1. The second kappa shape index (κ2) is 15.6. The minimum atomic E-state index is -3.53. The number of hydrogen-bond donors (Lipinski definition) is 2. The molecule has 11 heteroatoms. The topological polar surface area (TPSA) is 98.8 Å². The van der Waals surface area contributed by atoms with Gasteiger partial charge in [0.2, 0.25) is 21.8 Å². The van der Waals surface area contributed by atoms with E-state index in [0.717, 1.165) is 51.1 Å². The highest BCUT2D eigenvalue weighted by Gasteiger charge is 2.44. The molecular weight excluding hydrogens is 589 g/mol. The SMILES string of the molecule is O=C(N[C@@H](CSCC1CCCCC1)C(=O)NC1CCN(Cc2ccccc2)CC1)C1CSCN1S(=O)(=O)C1CCCC1. The molecule has 2 N–H and O–H groups in total. The number of piperidine rings is 1. The predicted octanol–water partition coefficient (Wildman–Crippen LogP) is 4.21. The van der Waals surface area contributed by atoms with E-state index >= 15 is 0 Å². The molecule has 8 nitrogen and oxygen atoms in total. The molecule has 4 aliphatic rings. The van der Waals surface area contributed by atoms with Crippen LogP contribution < -0.4 is 10.6 Å². The summed E-state index contributed by atoms with van der Waals surface area (Å²) in [5.74, 6) is 2.45. The molecule has 2 saturated heterocycles. The zero-order chi connectivity index (χ0) is 29.4.